The van der Waals surface area contributed by atoms with Gasteiger partial charge in [-0.3, -0.25) is 4.79 Å². The van der Waals surface area contributed by atoms with E-state index in [0.29, 0.717) is 17.2 Å². The van der Waals surface area contributed by atoms with Gasteiger partial charge in [-0.2, -0.15) is 0 Å². The van der Waals surface area contributed by atoms with Crippen molar-refractivity contribution in [3.63, 3.8) is 0 Å². The Morgan fingerprint density at radius 2 is 2.12 bits per heavy atom. The molecule has 17 heavy (non-hydrogen) atoms. The van der Waals surface area contributed by atoms with Gasteiger partial charge in [0.1, 0.15) is 0 Å². The van der Waals surface area contributed by atoms with Crippen LogP contribution in [0.1, 0.15) is 37.6 Å². The summed E-state index contributed by atoms with van der Waals surface area (Å²) in [5, 5.41) is 2.97. The van der Waals surface area contributed by atoms with Crippen molar-refractivity contribution in [2.45, 2.75) is 33.2 Å². The SMILES string of the molecule is CCC(C)C(C)NC(=O)c1ccc(Br)cc1N. The number of amides is 1. The molecule has 0 aliphatic carbocycles. The fraction of sp³-hybridized carbons (Fsp3) is 0.462. The Hall–Kier alpha value is -1.03. The molecule has 3 nitrogen and oxygen atoms in total. The van der Waals surface area contributed by atoms with E-state index in [1.54, 1.807) is 12.1 Å². The molecule has 3 N–H and O–H groups in total. The average Bonchev–Trinajstić information content (AvgIpc) is 2.27. The monoisotopic (exact) mass is 298 g/mol. The van der Waals surface area contributed by atoms with Crippen LogP contribution < -0.4 is 11.1 Å². The number of anilines is 1. The van der Waals surface area contributed by atoms with Crippen LogP contribution in [0.5, 0.6) is 0 Å². The summed E-state index contributed by atoms with van der Waals surface area (Å²) in [5.74, 6) is 0.346. The lowest BCUT2D eigenvalue weighted by molar-refractivity contribution is 0.0929. The largest absolute Gasteiger partial charge is 0.398 e. The fourth-order valence-corrected chi connectivity index (χ4v) is 1.90. The zero-order valence-electron chi connectivity index (χ0n) is 10.5. The quantitative estimate of drug-likeness (QED) is 0.839. The van der Waals surface area contributed by atoms with E-state index in [1.807, 2.05) is 13.0 Å². The van der Waals surface area contributed by atoms with E-state index in [4.69, 9.17) is 5.73 Å². The molecule has 0 aromatic heterocycles. The molecular weight excluding hydrogens is 280 g/mol. The van der Waals surface area contributed by atoms with Gasteiger partial charge < -0.3 is 11.1 Å². The van der Waals surface area contributed by atoms with Crippen LogP contribution in [0.4, 0.5) is 5.69 Å². The Morgan fingerprint density at radius 1 is 1.47 bits per heavy atom. The van der Waals surface area contributed by atoms with Gasteiger partial charge in [0, 0.05) is 16.2 Å². The van der Waals surface area contributed by atoms with E-state index in [-0.39, 0.29) is 11.9 Å². The number of benzene rings is 1. The maximum atomic E-state index is 12.0. The van der Waals surface area contributed by atoms with E-state index >= 15 is 0 Å². The van der Waals surface area contributed by atoms with E-state index in [2.05, 4.69) is 35.1 Å². The third kappa shape index (κ3) is 3.73. The van der Waals surface area contributed by atoms with Crippen molar-refractivity contribution in [3.8, 4) is 0 Å². The second-order valence-electron chi connectivity index (χ2n) is 4.38. The predicted molar refractivity (Wildman–Crippen MR) is 74.9 cm³/mol. The van der Waals surface area contributed by atoms with E-state index in [9.17, 15) is 4.79 Å². The average molecular weight is 299 g/mol. The minimum absolute atomic E-state index is 0.109. The van der Waals surface area contributed by atoms with Crippen LogP contribution >= 0.6 is 15.9 Å². The summed E-state index contributed by atoms with van der Waals surface area (Å²) in [6.45, 7) is 6.25. The van der Waals surface area contributed by atoms with Gasteiger partial charge in [0.2, 0.25) is 0 Å². The number of carbonyl (C=O) groups excluding carboxylic acids is 1. The molecule has 0 fully saturated rings. The summed E-state index contributed by atoms with van der Waals surface area (Å²) in [6.07, 6.45) is 1.04. The number of nitrogen functional groups attached to an aromatic ring is 1. The van der Waals surface area contributed by atoms with E-state index in [1.165, 1.54) is 0 Å². The van der Waals surface area contributed by atoms with Crippen molar-refractivity contribution in [3.05, 3.63) is 28.2 Å². The van der Waals surface area contributed by atoms with Gasteiger partial charge in [-0.25, -0.2) is 0 Å². The van der Waals surface area contributed by atoms with Crippen molar-refractivity contribution in [1.82, 2.24) is 5.32 Å². The lowest BCUT2D eigenvalue weighted by Gasteiger charge is -2.20. The lowest BCUT2D eigenvalue weighted by atomic mass is 10.0. The van der Waals surface area contributed by atoms with Crippen molar-refractivity contribution >= 4 is 27.5 Å². The van der Waals surface area contributed by atoms with E-state index < -0.39 is 0 Å². The second kappa shape index (κ2) is 6.05. The molecule has 0 spiro atoms. The summed E-state index contributed by atoms with van der Waals surface area (Å²) >= 11 is 3.32. The molecule has 0 saturated carbocycles. The topological polar surface area (TPSA) is 55.1 Å². The van der Waals surface area contributed by atoms with Crippen LogP contribution in [-0.2, 0) is 0 Å². The van der Waals surface area contributed by atoms with Gasteiger partial charge in [0.25, 0.3) is 5.91 Å². The van der Waals surface area contributed by atoms with E-state index in [0.717, 1.165) is 10.9 Å². The van der Waals surface area contributed by atoms with Crippen LogP contribution in [0.2, 0.25) is 0 Å². The highest BCUT2D eigenvalue weighted by molar-refractivity contribution is 9.10. The van der Waals surface area contributed by atoms with Crippen LogP contribution in [0.3, 0.4) is 0 Å². The summed E-state index contributed by atoms with van der Waals surface area (Å²) in [4.78, 5) is 12.0. The fourth-order valence-electron chi connectivity index (χ4n) is 1.52. The van der Waals surface area contributed by atoms with Gasteiger partial charge >= 0.3 is 0 Å². The number of hydrogen-bond donors (Lipinski definition) is 2. The Labute approximate surface area is 111 Å². The normalized spacial score (nSPS) is 14.1. The third-order valence-corrected chi connectivity index (χ3v) is 3.61. The zero-order valence-corrected chi connectivity index (χ0v) is 12.0. The van der Waals surface area contributed by atoms with Crippen molar-refractivity contribution < 1.29 is 4.79 Å². The molecule has 4 heteroatoms. The maximum Gasteiger partial charge on any atom is 0.253 e. The van der Waals surface area contributed by atoms with Crippen molar-refractivity contribution in [2.75, 3.05) is 5.73 Å². The highest BCUT2D eigenvalue weighted by Crippen LogP contribution is 2.19. The van der Waals surface area contributed by atoms with Crippen LogP contribution in [0.15, 0.2) is 22.7 Å². The molecule has 2 atom stereocenters. The van der Waals surface area contributed by atoms with Crippen LogP contribution in [-0.4, -0.2) is 11.9 Å². The van der Waals surface area contributed by atoms with Gasteiger partial charge in [-0.1, -0.05) is 36.2 Å². The maximum absolute atomic E-state index is 12.0. The number of nitrogens with two attached hydrogens (primary N) is 1. The van der Waals surface area contributed by atoms with Crippen molar-refractivity contribution in [1.29, 1.82) is 0 Å². The Morgan fingerprint density at radius 3 is 2.65 bits per heavy atom. The Bertz CT molecular complexity index is 406. The summed E-state index contributed by atoms with van der Waals surface area (Å²) in [6, 6.07) is 5.44. The van der Waals surface area contributed by atoms with Gasteiger partial charge in [0.15, 0.2) is 0 Å². The first-order chi connectivity index (χ1) is 7.95. The molecule has 0 radical (unpaired) electrons. The summed E-state index contributed by atoms with van der Waals surface area (Å²) < 4.78 is 0.876. The molecule has 1 aromatic carbocycles. The number of rotatable bonds is 4. The van der Waals surface area contributed by atoms with Gasteiger partial charge in [0.05, 0.1) is 5.56 Å². The molecule has 1 aromatic rings. The molecule has 0 bridgehead atoms. The minimum Gasteiger partial charge on any atom is -0.398 e. The Balaban J connectivity index is 2.76. The Kier molecular flexibility index (Phi) is 5.00. The molecular formula is C13H19BrN2O. The molecule has 1 amide bonds. The van der Waals surface area contributed by atoms with Crippen LogP contribution in [0.25, 0.3) is 0 Å². The molecule has 0 aliphatic rings. The highest BCUT2D eigenvalue weighted by Gasteiger charge is 2.16. The smallest absolute Gasteiger partial charge is 0.253 e. The lowest BCUT2D eigenvalue weighted by Crippen LogP contribution is -2.37. The molecule has 0 aliphatic heterocycles. The summed E-state index contributed by atoms with van der Waals surface area (Å²) in [5.41, 5.74) is 6.84. The first kappa shape index (κ1) is 14.0. The molecule has 94 valence electrons. The van der Waals surface area contributed by atoms with Crippen molar-refractivity contribution in [2.24, 2.45) is 5.92 Å². The number of carbonyl (C=O) groups is 1. The second-order valence-corrected chi connectivity index (χ2v) is 5.29. The zero-order chi connectivity index (χ0) is 13.0. The van der Waals surface area contributed by atoms with Gasteiger partial charge in [-0.05, 0) is 31.0 Å². The number of nitrogens with one attached hydrogen (secondary N) is 1. The summed E-state index contributed by atoms with van der Waals surface area (Å²) in [7, 11) is 0. The first-order valence-electron chi connectivity index (χ1n) is 5.81. The molecule has 2 unspecified atom stereocenters. The molecule has 0 heterocycles. The third-order valence-electron chi connectivity index (χ3n) is 3.11. The highest BCUT2D eigenvalue weighted by atomic mass is 79.9. The predicted octanol–water partition coefficient (Wildman–Crippen LogP) is 3.20. The molecule has 1 rings (SSSR count). The number of hydrogen-bond acceptors (Lipinski definition) is 2. The van der Waals surface area contributed by atoms with Crippen LogP contribution in [0, 0.1) is 5.92 Å². The minimum atomic E-state index is -0.109. The standard InChI is InChI=1S/C13H19BrN2O/c1-4-8(2)9(3)16-13(17)11-6-5-10(14)7-12(11)15/h5-9H,4,15H2,1-3H3,(H,16,17). The number of halogens is 1. The molecule has 0 saturated heterocycles. The first-order valence-corrected chi connectivity index (χ1v) is 6.60. The van der Waals surface area contributed by atoms with Gasteiger partial charge in [-0.15, -0.1) is 0 Å².